The van der Waals surface area contributed by atoms with Crippen molar-refractivity contribution in [3.8, 4) is 0 Å². The molecule has 6 heteroatoms. The molecule has 0 spiro atoms. The minimum absolute atomic E-state index is 0.136. The monoisotopic (exact) mass is 518 g/mol. The van der Waals surface area contributed by atoms with Crippen LogP contribution >= 0.6 is 11.6 Å². The van der Waals surface area contributed by atoms with Gasteiger partial charge < -0.3 is 5.73 Å². The van der Waals surface area contributed by atoms with Crippen molar-refractivity contribution >= 4 is 21.6 Å². The molecule has 0 fully saturated rings. The van der Waals surface area contributed by atoms with Crippen molar-refractivity contribution in [2.45, 2.75) is 43.1 Å². The van der Waals surface area contributed by atoms with E-state index in [4.69, 9.17) is 17.3 Å². The van der Waals surface area contributed by atoms with Crippen molar-refractivity contribution in [1.82, 2.24) is 4.72 Å². The van der Waals surface area contributed by atoms with Crippen molar-refractivity contribution in [1.29, 1.82) is 0 Å². The Hall–Kier alpha value is -2.96. The molecule has 0 aromatic heterocycles. The third kappa shape index (κ3) is 4.60. The molecule has 0 aliphatic heterocycles. The summed E-state index contributed by atoms with van der Waals surface area (Å²) in [5.41, 5.74) is 11.3. The largest absolute Gasteiger partial charge is 0.307 e. The van der Waals surface area contributed by atoms with Crippen LogP contribution in [0.1, 0.15) is 38.9 Å². The average Bonchev–Trinajstić information content (AvgIpc) is 2.84. The third-order valence-corrected chi connectivity index (χ3v) is 8.59. The van der Waals surface area contributed by atoms with Crippen molar-refractivity contribution in [2.24, 2.45) is 5.73 Å². The standard InChI is InChI=1S/C30H31ClN2O2S/c1-21-15-17-27(18-16-21)36(34,35)33-29(25-11-7-5-8-12-25,28-23(3)19-22(2)20-24(28)4)30(31,32)26-13-9-6-10-14-26/h5-20,33H,32H2,1-4H3/t29-,30+/m0/s1. The molecule has 0 saturated heterocycles. The topological polar surface area (TPSA) is 72.2 Å². The van der Waals surface area contributed by atoms with Gasteiger partial charge in [-0.05, 0) is 67.6 Å². The van der Waals surface area contributed by atoms with Crippen LogP contribution in [0.3, 0.4) is 0 Å². The van der Waals surface area contributed by atoms with Gasteiger partial charge in [0, 0.05) is 0 Å². The quantitative estimate of drug-likeness (QED) is 0.226. The highest BCUT2D eigenvalue weighted by molar-refractivity contribution is 7.89. The van der Waals surface area contributed by atoms with Gasteiger partial charge in [0.05, 0.1) is 4.90 Å². The number of nitrogens with two attached hydrogens (primary N) is 1. The van der Waals surface area contributed by atoms with Gasteiger partial charge in [0.25, 0.3) is 0 Å². The van der Waals surface area contributed by atoms with E-state index in [1.807, 2.05) is 100 Å². The molecule has 4 rings (SSSR count). The zero-order chi connectivity index (χ0) is 26.1. The zero-order valence-corrected chi connectivity index (χ0v) is 22.5. The summed E-state index contributed by atoms with van der Waals surface area (Å²) in [7, 11) is -4.08. The van der Waals surface area contributed by atoms with Gasteiger partial charge in [-0.3, -0.25) is 0 Å². The lowest BCUT2D eigenvalue weighted by atomic mass is 9.71. The molecule has 2 atom stereocenters. The summed E-state index contributed by atoms with van der Waals surface area (Å²) >= 11 is 7.41. The minimum atomic E-state index is -4.08. The fourth-order valence-corrected chi connectivity index (χ4v) is 6.88. The van der Waals surface area contributed by atoms with Crippen LogP contribution in [0.25, 0.3) is 0 Å². The van der Waals surface area contributed by atoms with Crippen LogP contribution < -0.4 is 10.5 Å². The first-order valence-electron chi connectivity index (χ1n) is 11.8. The normalized spacial score (nSPS) is 15.2. The maximum absolute atomic E-state index is 14.0. The molecule has 0 aliphatic carbocycles. The van der Waals surface area contributed by atoms with Crippen LogP contribution in [0.5, 0.6) is 0 Å². The maximum atomic E-state index is 14.0. The number of halogens is 1. The lowest BCUT2D eigenvalue weighted by Gasteiger charge is -2.47. The summed E-state index contributed by atoms with van der Waals surface area (Å²) in [6.07, 6.45) is 0. The molecule has 186 valence electrons. The average molecular weight is 519 g/mol. The predicted octanol–water partition coefficient (Wildman–Crippen LogP) is 6.19. The smallest absolute Gasteiger partial charge is 0.241 e. The van der Waals surface area contributed by atoms with E-state index < -0.39 is 20.6 Å². The Kier molecular flexibility index (Phi) is 7.13. The Morgan fingerprint density at radius 3 is 1.67 bits per heavy atom. The second-order valence-corrected chi connectivity index (χ2v) is 11.7. The molecule has 36 heavy (non-hydrogen) atoms. The van der Waals surface area contributed by atoms with Gasteiger partial charge >= 0.3 is 0 Å². The van der Waals surface area contributed by atoms with Crippen LogP contribution in [0, 0.1) is 27.7 Å². The highest BCUT2D eigenvalue weighted by Crippen LogP contribution is 2.49. The molecule has 0 amide bonds. The summed E-state index contributed by atoms with van der Waals surface area (Å²) < 4.78 is 31.1. The Morgan fingerprint density at radius 1 is 0.694 bits per heavy atom. The van der Waals surface area contributed by atoms with E-state index in [2.05, 4.69) is 4.72 Å². The molecule has 4 nitrogen and oxygen atoms in total. The van der Waals surface area contributed by atoms with E-state index in [0.717, 1.165) is 27.8 Å². The summed E-state index contributed by atoms with van der Waals surface area (Å²) in [6, 6.07) is 29.3. The second-order valence-electron chi connectivity index (χ2n) is 9.39. The summed E-state index contributed by atoms with van der Waals surface area (Å²) in [5, 5.41) is 0. The van der Waals surface area contributed by atoms with Crippen molar-refractivity contribution in [3.05, 3.63) is 136 Å². The molecule has 0 radical (unpaired) electrons. The van der Waals surface area contributed by atoms with Crippen molar-refractivity contribution in [2.75, 3.05) is 0 Å². The Balaban J connectivity index is 2.13. The lowest BCUT2D eigenvalue weighted by molar-refractivity contribution is 0.339. The molecule has 0 unspecified atom stereocenters. The first kappa shape index (κ1) is 26.1. The number of benzene rings is 4. The highest BCUT2D eigenvalue weighted by Gasteiger charge is 2.55. The zero-order valence-electron chi connectivity index (χ0n) is 20.9. The van der Waals surface area contributed by atoms with Gasteiger partial charge in [-0.1, -0.05) is 108 Å². The van der Waals surface area contributed by atoms with Crippen molar-refractivity contribution < 1.29 is 8.42 Å². The number of hydrogen-bond acceptors (Lipinski definition) is 3. The molecular formula is C30H31ClN2O2S. The SMILES string of the molecule is Cc1ccc(S(=O)(=O)N[C@@](c2ccccc2)(c2c(C)cc(C)cc2C)[C@@](N)(Cl)c2ccccc2)cc1. The Labute approximate surface area is 219 Å². The molecule has 0 heterocycles. The summed E-state index contributed by atoms with van der Waals surface area (Å²) in [4.78, 5) is -1.56. The van der Waals surface area contributed by atoms with Gasteiger partial charge in [0.1, 0.15) is 10.5 Å². The van der Waals surface area contributed by atoms with E-state index in [9.17, 15) is 8.42 Å². The minimum Gasteiger partial charge on any atom is -0.307 e. The van der Waals surface area contributed by atoms with Gasteiger partial charge in [0.2, 0.25) is 10.0 Å². The molecule has 0 aliphatic rings. The predicted molar refractivity (Wildman–Crippen MR) is 148 cm³/mol. The Morgan fingerprint density at radius 2 is 1.17 bits per heavy atom. The number of hydrogen-bond donors (Lipinski definition) is 2. The Bertz CT molecular complexity index is 1450. The van der Waals surface area contributed by atoms with Crippen LogP contribution in [-0.2, 0) is 20.6 Å². The second kappa shape index (κ2) is 9.83. The molecule has 0 bridgehead atoms. The molecule has 4 aromatic rings. The molecule has 4 aromatic carbocycles. The molecule has 0 saturated carbocycles. The number of rotatable bonds is 7. The number of nitrogens with one attached hydrogen (secondary N) is 1. The van der Waals surface area contributed by atoms with E-state index in [1.165, 1.54) is 0 Å². The molecular weight excluding hydrogens is 488 g/mol. The fourth-order valence-electron chi connectivity index (χ4n) is 5.06. The van der Waals surface area contributed by atoms with Gasteiger partial charge in [0.15, 0.2) is 0 Å². The van der Waals surface area contributed by atoms with E-state index in [-0.39, 0.29) is 4.90 Å². The third-order valence-electron chi connectivity index (χ3n) is 6.62. The van der Waals surface area contributed by atoms with Gasteiger partial charge in [-0.25, -0.2) is 8.42 Å². The van der Waals surface area contributed by atoms with E-state index in [1.54, 1.807) is 24.3 Å². The number of alkyl halides is 1. The van der Waals surface area contributed by atoms with E-state index >= 15 is 0 Å². The number of aryl methyl sites for hydroxylation is 4. The van der Waals surface area contributed by atoms with Crippen LogP contribution in [0.15, 0.2) is 102 Å². The summed E-state index contributed by atoms with van der Waals surface area (Å²) in [6.45, 7) is 7.85. The highest BCUT2D eigenvalue weighted by atomic mass is 35.5. The van der Waals surface area contributed by atoms with Crippen LogP contribution in [0.2, 0.25) is 0 Å². The van der Waals surface area contributed by atoms with Gasteiger partial charge in [-0.2, -0.15) is 4.72 Å². The van der Waals surface area contributed by atoms with Crippen LogP contribution in [-0.4, -0.2) is 8.42 Å². The first-order chi connectivity index (χ1) is 17.0. The van der Waals surface area contributed by atoms with E-state index in [0.29, 0.717) is 11.1 Å². The molecule has 3 N–H and O–H groups in total. The van der Waals surface area contributed by atoms with Crippen LogP contribution in [0.4, 0.5) is 0 Å². The van der Waals surface area contributed by atoms with Crippen molar-refractivity contribution in [3.63, 3.8) is 0 Å². The van der Waals surface area contributed by atoms with Gasteiger partial charge in [-0.15, -0.1) is 0 Å². The maximum Gasteiger partial charge on any atom is 0.241 e. The lowest BCUT2D eigenvalue weighted by Crippen LogP contribution is -2.62. The number of sulfonamides is 1. The fraction of sp³-hybridized carbons (Fsp3) is 0.200. The first-order valence-corrected chi connectivity index (χ1v) is 13.6. The summed E-state index contributed by atoms with van der Waals surface area (Å²) in [5.74, 6) is 0.